The van der Waals surface area contributed by atoms with Gasteiger partial charge in [0, 0.05) is 25.7 Å². The summed E-state index contributed by atoms with van der Waals surface area (Å²) in [5, 5.41) is 4.35. The normalized spacial score (nSPS) is 15.2. The molecule has 2 unspecified atom stereocenters. The molecule has 0 bridgehead atoms. The van der Waals surface area contributed by atoms with Gasteiger partial charge in [0.25, 0.3) is 0 Å². The number of hydrogen-bond acceptors (Lipinski definition) is 3. The molecule has 3 N–H and O–H groups in total. The van der Waals surface area contributed by atoms with Gasteiger partial charge in [0.05, 0.1) is 5.69 Å². The number of aryl methyl sites for hydroxylation is 1. The van der Waals surface area contributed by atoms with Gasteiger partial charge in [-0.05, 0) is 18.4 Å². The summed E-state index contributed by atoms with van der Waals surface area (Å²) in [6, 6.07) is 2.37. The lowest BCUT2D eigenvalue weighted by molar-refractivity contribution is 0.393. The molecule has 0 aromatic carbocycles. The summed E-state index contributed by atoms with van der Waals surface area (Å²) in [6.45, 7) is 4.46. The Labute approximate surface area is 91.8 Å². The highest BCUT2D eigenvalue weighted by molar-refractivity contribution is 5.01. The van der Waals surface area contributed by atoms with Crippen LogP contribution in [0.2, 0.25) is 0 Å². The lowest BCUT2D eigenvalue weighted by atomic mass is 9.97. The topological polar surface area (TPSA) is 55.9 Å². The van der Waals surface area contributed by atoms with Crippen molar-refractivity contribution in [2.45, 2.75) is 39.2 Å². The van der Waals surface area contributed by atoms with Gasteiger partial charge in [0.1, 0.15) is 0 Å². The first kappa shape index (κ1) is 12.2. The summed E-state index contributed by atoms with van der Waals surface area (Å²) < 4.78 is 1.83. The molecule has 1 aromatic rings. The third kappa shape index (κ3) is 4.01. The van der Waals surface area contributed by atoms with Crippen LogP contribution in [-0.2, 0) is 13.5 Å². The number of nitrogens with two attached hydrogens (primary N) is 1. The van der Waals surface area contributed by atoms with Crippen LogP contribution in [0, 0.1) is 5.92 Å². The fraction of sp³-hybridized carbons (Fsp3) is 0.727. The van der Waals surface area contributed by atoms with E-state index in [-0.39, 0.29) is 0 Å². The zero-order valence-corrected chi connectivity index (χ0v) is 9.90. The van der Waals surface area contributed by atoms with Crippen LogP contribution in [-0.4, -0.2) is 15.8 Å². The molecule has 0 fully saturated rings. The van der Waals surface area contributed by atoms with Crippen molar-refractivity contribution in [3.8, 4) is 0 Å². The monoisotopic (exact) mass is 210 g/mol. The van der Waals surface area contributed by atoms with Crippen molar-refractivity contribution in [2.24, 2.45) is 18.8 Å². The van der Waals surface area contributed by atoms with E-state index in [4.69, 9.17) is 5.84 Å². The molecule has 2 atom stereocenters. The van der Waals surface area contributed by atoms with Gasteiger partial charge in [-0.1, -0.05) is 20.3 Å². The van der Waals surface area contributed by atoms with E-state index in [0.717, 1.165) is 18.5 Å². The largest absolute Gasteiger partial charge is 0.276 e. The minimum Gasteiger partial charge on any atom is -0.276 e. The van der Waals surface area contributed by atoms with Gasteiger partial charge in [0.15, 0.2) is 0 Å². The molecule has 15 heavy (non-hydrogen) atoms. The first-order chi connectivity index (χ1) is 7.15. The van der Waals surface area contributed by atoms with Crippen molar-refractivity contribution >= 4 is 0 Å². The number of aromatic nitrogens is 2. The van der Waals surface area contributed by atoms with Crippen molar-refractivity contribution in [2.75, 3.05) is 0 Å². The summed E-state index contributed by atoms with van der Waals surface area (Å²) in [4.78, 5) is 0. The van der Waals surface area contributed by atoms with Gasteiger partial charge >= 0.3 is 0 Å². The van der Waals surface area contributed by atoms with Crippen LogP contribution >= 0.6 is 0 Å². The van der Waals surface area contributed by atoms with E-state index in [9.17, 15) is 0 Å². The Morgan fingerprint density at radius 3 is 2.80 bits per heavy atom. The Balaban J connectivity index is 2.46. The quantitative estimate of drug-likeness (QED) is 0.548. The Morgan fingerprint density at radius 2 is 2.33 bits per heavy atom. The first-order valence-electron chi connectivity index (χ1n) is 5.60. The highest BCUT2D eigenvalue weighted by atomic mass is 15.3. The maximum Gasteiger partial charge on any atom is 0.0640 e. The van der Waals surface area contributed by atoms with Crippen LogP contribution in [0.4, 0.5) is 0 Å². The minimum atomic E-state index is 0.329. The molecule has 1 aromatic heterocycles. The van der Waals surface area contributed by atoms with Gasteiger partial charge < -0.3 is 0 Å². The molecule has 1 rings (SSSR count). The van der Waals surface area contributed by atoms with Crippen LogP contribution in [0.25, 0.3) is 0 Å². The summed E-state index contributed by atoms with van der Waals surface area (Å²) in [6.07, 6.45) is 5.16. The Bertz CT molecular complexity index is 282. The van der Waals surface area contributed by atoms with Crippen molar-refractivity contribution in [3.63, 3.8) is 0 Å². The highest BCUT2D eigenvalue weighted by Gasteiger charge is 2.12. The molecule has 4 heteroatoms. The summed E-state index contributed by atoms with van der Waals surface area (Å²) in [5.74, 6) is 6.25. The van der Waals surface area contributed by atoms with Crippen LogP contribution in [0.15, 0.2) is 12.3 Å². The molecule has 0 spiro atoms. The second-order valence-electron chi connectivity index (χ2n) is 4.30. The van der Waals surface area contributed by atoms with Crippen molar-refractivity contribution in [1.82, 2.24) is 15.2 Å². The molecule has 0 aliphatic rings. The number of nitrogens with one attached hydrogen (secondary N) is 1. The zero-order valence-electron chi connectivity index (χ0n) is 9.90. The molecule has 0 aliphatic heterocycles. The average molecular weight is 210 g/mol. The zero-order chi connectivity index (χ0) is 11.3. The van der Waals surface area contributed by atoms with Gasteiger partial charge in [-0.2, -0.15) is 5.10 Å². The summed E-state index contributed by atoms with van der Waals surface area (Å²) >= 11 is 0. The molecule has 0 aliphatic carbocycles. The van der Waals surface area contributed by atoms with Gasteiger partial charge in [-0.3, -0.25) is 16.0 Å². The van der Waals surface area contributed by atoms with Crippen molar-refractivity contribution in [3.05, 3.63) is 18.0 Å². The predicted molar refractivity (Wildman–Crippen MR) is 62.1 cm³/mol. The molecule has 1 heterocycles. The van der Waals surface area contributed by atoms with Crippen LogP contribution in [0.1, 0.15) is 32.4 Å². The fourth-order valence-electron chi connectivity index (χ4n) is 1.69. The van der Waals surface area contributed by atoms with E-state index in [2.05, 4.69) is 24.4 Å². The minimum absolute atomic E-state index is 0.329. The van der Waals surface area contributed by atoms with Gasteiger partial charge in [0.2, 0.25) is 0 Å². The third-order valence-electron chi connectivity index (χ3n) is 2.84. The summed E-state index contributed by atoms with van der Waals surface area (Å²) in [7, 11) is 1.93. The van der Waals surface area contributed by atoms with E-state index in [0.29, 0.717) is 12.0 Å². The highest BCUT2D eigenvalue weighted by Crippen LogP contribution is 2.12. The van der Waals surface area contributed by atoms with E-state index in [1.165, 1.54) is 6.42 Å². The Hall–Kier alpha value is -0.870. The van der Waals surface area contributed by atoms with E-state index in [1.807, 2.05) is 24.0 Å². The Kier molecular flexibility index (Phi) is 4.78. The van der Waals surface area contributed by atoms with Crippen molar-refractivity contribution < 1.29 is 0 Å². The van der Waals surface area contributed by atoms with Crippen LogP contribution < -0.4 is 11.3 Å². The standard InChI is InChI=1S/C11H22N4/c1-4-9(2)7-11(13-12)8-10-5-6-15(3)14-10/h5-6,9,11,13H,4,7-8,12H2,1-3H3. The summed E-state index contributed by atoms with van der Waals surface area (Å²) in [5.41, 5.74) is 3.98. The molecule has 0 radical (unpaired) electrons. The second kappa shape index (κ2) is 5.88. The SMILES string of the molecule is CCC(C)CC(Cc1ccn(C)n1)NN. The van der Waals surface area contributed by atoms with Crippen molar-refractivity contribution in [1.29, 1.82) is 0 Å². The number of hydrazine groups is 1. The maximum atomic E-state index is 5.55. The Morgan fingerprint density at radius 1 is 1.60 bits per heavy atom. The molecule has 4 nitrogen and oxygen atoms in total. The van der Waals surface area contributed by atoms with E-state index in [1.54, 1.807) is 0 Å². The molecular formula is C11H22N4. The molecule has 0 saturated carbocycles. The second-order valence-corrected chi connectivity index (χ2v) is 4.30. The maximum absolute atomic E-state index is 5.55. The average Bonchev–Trinajstić information content (AvgIpc) is 2.62. The number of rotatable bonds is 6. The smallest absolute Gasteiger partial charge is 0.0640 e. The predicted octanol–water partition coefficient (Wildman–Crippen LogP) is 1.23. The molecule has 0 amide bonds. The fourth-order valence-corrected chi connectivity index (χ4v) is 1.69. The molecule has 0 saturated heterocycles. The lowest BCUT2D eigenvalue weighted by Crippen LogP contribution is -2.38. The van der Waals surface area contributed by atoms with Gasteiger partial charge in [-0.15, -0.1) is 0 Å². The van der Waals surface area contributed by atoms with Crippen LogP contribution in [0.3, 0.4) is 0 Å². The number of hydrogen-bond donors (Lipinski definition) is 2. The first-order valence-corrected chi connectivity index (χ1v) is 5.60. The lowest BCUT2D eigenvalue weighted by Gasteiger charge is -2.18. The molecule has 86 valence electrons. The van der Waals surface area contributed by atoms with E-state index < -0.39 is 0 Å². The number of nitrogens with zero attached hydrogens (tertiary/aromatic N) is 2. The third-order valence-corrected chi connectivity index (χ3v) is 2.84. The van der Waals surface area contributed by atoms with Crippen LogP contribution in [0.5, 0.6) is 0 Å². The van der Waals surface area contributed by atoms with E-state index >= 15 is 0 Å². The van der Waals surface area contributed by atoms with Gasteiger partial charge in [-0.25, -0.2) is 0 Å². The molecular weight excluding hydrogens is 188 g/mol.